The Balaban J connectivity index is 0.000000300. The van der Waals surface area contributed by atoms with E-state index in [4.69, 9.17) is 38.3 Å². The van der Waals surface area contributed by atoms with Crippen LogP contribution in [0.15, 0.2) is 102 Å². The van der Waals surface area contributed by atoms with Gasteiger partial charge in [-0.3, -0.25) is 4.79 Å². The molecule has 0 atom stereocenters. The first-order chi connectivity index (χ1) is 24.2. The second-order valence-electron chi connectivity index (χ2n) is 10.2. The summed E-state index contributed by atoms with van der Waals surface area (Å²) in [5.74, 6) is 0.961. The van der Waals surface area contributed by atoms with Crippen molar-refractivity contribution in [2.24, 2.45) is 5.73 Å². The number of amides is 1. The molecule has 0 aromatic carbocycles. The van der Waals surface area contributed by atoms with E-state index in [0.29, 0.717) is 52.3 Å². The van der Waals surface area contributed by atoms with E-state index in [2.05, 4.69) is 40.2 Å². The third-order valence-electron chi connectivity index (χ3n) is 6.62. The Hall–Kier alpha value is -7.45. The third-order valence-corrected chi connectivity index (χ3v) is 6.62. The third kappa shape index (κ3) is 10.0. The van der Waals surface area contributed by atoms with Crippen LogP contribution >= 0.6 is 0 Å². The monoisotopic (exact) mass is 701 g/mol. The van der Waals surface area contributed by atoms with Crippen molar-refractivity contribution in [1.82, 2.24) is 44.6 Å². The molecule has 11 N–H and O–H groups in total. The lowest BCUT2D eigenvalue weighted by Gasteiger charge is -2.12. The van der Waals surface area contributed by atoms with Crippen LogP contribution in [0.1, 0.15) is 42.4 Å². The van der Waals surface area contributed by atoms with Gasteiger partial charge in [-0.1, -0.05) is 33.1 Å². The van der Waals surface area contributed by atoms with Gasteiger partial charge in [-0.05, 0) is 48.5 Å². The number of oxazole rings is 1. The van der Waals surface area contributed by atoms with Gasteiger partial charge in [0.1, 0.15) is 46.8 Å². The predicted molar refractivity (Wildman–Crippen MR) is 199 cm³/mol. The van der Waals surface area contributed by atoms with Gasteiger partial charge in [-0.15, -0.1) is 0 Å². The summed E-state index contributed by atoms with van der Waals surface area (Å²) in [5, 5.41) is 11.0. The van der Waals surface area contributed by atoms with E-state index in [0.717, 1.165) is 11.3 Å². The molecule has 0 fully saturated rings. The summed E-state index contributed by atoms with van der Waals surface area (Å²) in [6.07, 6.45) is 8.24. The van der Waals surface area contributed by atoms with Gasteiger partial charge in [0.25, 0.3) is 5.91 Å². The first-order valence-electron chi connectivity index (χ1n) is 14.8. The van der Waals surface area contributed by atoms with E-state index < -0.39 is 5.91 Å². The van der Waals surface area contributed by atoms with Crippen molar-refractivity contribution in [3.8, 4) is 28.9 Å². The quantitative estimate of drug-likeness (QED) is 0.143. The number of nitriles is 1. The Bertz CT molecular complexity index is 2260. The molecule has 17 heteroatoms. The number of carbonyl (C=O) groups is 1. The number of aromatic nitrogens is 8. The second kappa shape index (κ2) is 18.4. The van der Waals surface area contributed by atoms with Crippen LogP contribution in [0.5, 0.6) is 0 Å². The van der Waals surface area contributed by atoms with Crippen LogP contribution in [0.3, 0.4) is 0 Å². The highest BCUT2D eigenvalue weighted by Gasteiger charge is 2.22. The van der Waals surface area contributed by atoms with Crippen LogP contribution in [-0.2, 0) is 13.1 Å². The van der Waals surface area contributed by atoms with Crippen molar-refractivity contribution >= 4 is 34.8 Å². The molecular formula is C35H39N15O2. The Morgan fingerprint density at radius 2 is 1.46 bits per heavy atom. The number of nitrogens with zero attached hydrogens (tertiary/aromatic N) is 9. The smallest absolute Gasteiger partial charge is 0.274 e. The van der Waals surface area contributed by atoms with Gasteiger partial charge in [-0.2, -0.15) is 5.26 Å². The van der Waals surface area contributed by atoms with Gasteiger partial charge in [0.05, 0.1) is 24.1 Å². The van der Waals surface area contributed by atoms with Gasteiger partial charge in [0.2, 0.25) is 5.89 Å². The number of hydrogen-bond donors (Lipinski definition) is 6. The number of nitrogen functional groups attached to an aromatic ring is 4. The van der Waals surface area contributed by atoms with Crippen LogP contribution in [0.4, 0.5) is 23.3 Å². The number of nitrogens with one attached hydrogen (secondary N) is 1. The molecule has 7 aromatic heterocycles. The van der Waals surface area contributed by atoms with Crippen LogP contribution in [-0.4, -0.2) is 45.2 Å². The van der Waals surface area contributed by atoms with E-state index in [1.54, 1.807) is 54.9 Å². The highest BCUT2D eigenvalue weighted by molar-refractivity contribution is 5.97. The van der Waals surface area contributed by atoms with E-state index in [-0.39, 0.29) is 38.8 Å². The standard InChI is InChI=1S/C21H17N9O2.C6H9N3.C6H5N3.2CH4/c22-14-3-1-2-13(27-14)10-26-20(31)18-19(23)29-17(21-25-7-9-32-21)16(28-18)12-4-5-15-24-6-8-30(15)11-12;2*7-4-5-2-1-3-6(8)9-5;;/h1-9,11H,10H2,(H2,22,27)(H2,23,29)(H,26,31);1-3H,4,7H2,(H2,8,9);1-3H,(H2,8,9);2*1H4. The second-order valence-corrected chi connectivity index (χ2v) is 10.2. The largest absolute Gasteiger partial charge is 0.443 e. The molecule has 17 nitrogen and oxygen atoms in total. The van der Waals surface area contributed by atoms with Gasteiger partial charge in [-0.25, -0.2) is 34.9 Å². The zero-order valence-electron chi connectivity index (χ0n) is 26.4. The average molecular weight is 702 g/mol. The number of pyridine rings is 4. The van der Waals surface area contributed by atoms with Gasteiger partial charge in [0.15, 0.2) is 17.2 Å². The topological polar surface area (TPSA) is 291 Å². The van der Waals surface area contributed by atoms with Crippen LogP contribution < -0.4 is 34.0 Å². The molecule has 0 unspecified atom stereocenters. The fourth-order valence-electron chi connectivity index (χ4n) is 4.34. The maximum Gasteiger partial charge on any atom is 0.274 e. The first kappa shape index (κ1) is 39.0. The Kier molecular flexibility index (Phi) is 13.8. The zero-order valence-corrected chi connectivity index (χ0v) is 26.4. The van der Waals surface area contributed by atoms with Crippen LogP contribution in [0.2, 0.25) is 0 Å². The Morgan fingerprint density at radius 1 is 0.788 bits per heavy atom. The Morgan fingerprint density at radius 3 is 2.06 bits per heavy atom. The van der Waals surface area contributed by atoms with Gasteiger partial charge < -0.3 is 42.8 Å². The molecule has 0 saturated heterocycles. The molecule has 0 bridgehead atoms. The highest BCUT2D eigenvalue weighted by atomic mass is 16.3. The first-order valence-corrected chi connectivity index (χ1v) is 14.8. The van der Waals surface area contributed by atoms with Crippen molar-refractivity contribution in [1.29, 1.82) is 5.26 Å². The molecule has 0 radical (unpaired) electrons. The lowest BCUT2D eigenvalue weighted by molar-refractivity contribution is 0.0946. The molecular weight excluding hydrogens is 662 g/mol. The van der Waals surface area contributed by atoms with Crippen molar-refractivity contribution in [2.75, 3.05) is 22.9 Å². The fourth-order valence-corrected chi connectivity index (χ4v) is 4.34. The minimum absolute atomic E-state index is 0. The maximum absolute atomic E-state index is 12.9. The average Bonchev–Trinajstić information content (AvgIpc) is 3.84. The number of nitrogens with two attached hydrogens (primary N) is 5. The number of fused-ring (bicyclic) bond motifs is 1. The summed E-state index contributed by atoms with van der Waals surface area (Å²) in [6, 6.07) is 21.1. The summed E-state index contributed by atoms with van der Waals surface area (Å²) in [7, 11) is 0. The number of rotatable bonds is 6. The van der Waals surface area contributed by atoms with E-state index >= 15 is 0 Å². The lowest BCUT2D eigenvalue weighted by atomic mass is 10.1. The maximum atomic E-state index is 12.9. The van der Waals surface area contributed by atoms with Crippen molar-refractivity contribution in [3.63, 3.8) is 0 Å². The van der Waals surface area contributed by atoms with E-state index in [1.165, 1.54) is 12.5 Å². The van der Waals surface area contributed by atoms with Crippen LogP contribution in [0.25, 0.3) is 28.5 Å². The number of hydrogen-bond acceptors (Lipinski definition) is 15. The minimum atomic E-state index is -0.497. The van der Waals surface area contributed by atoms with Crippen molar-refractivity contribution in [2.45, 2.75) is 27.9 Å². The summed E-state index contributed by atoms with van der Waals surface area (Å²) in [4.78, 5) is 42.0. The SMILES string of the molecule is C.C.N#Cc1cccc(N)n1.NCc1cccc(N)n1.Nc1cccc(CNC(=O)c2nc(-c3ccc4nccn4c3)c(-c3ncco3)nc2N)n1. The number of imidazole rings is 1. The Labute approximate surface area is 299 Å². The molecule has 52 heavy (non-hydrogen) atoms. The zero-order chi connectivity index (χ0) is 35.5. The lowest BCUT2D eigenvalue weighted by Crippen LogP contribution is -2.26. The molecule has 0 aliphatic carbocycles. The molecule has 0 saturated carbocycles. The van der Waals surface area contributed by atoms with Crippen molar-refractivity contribution in [3.05, 3.63) is 121 Å². The van der Waals surface area contributed by atoms with E-state index in [9.17, 15) is 4.79 Å². The predicted octanol–water partition coefficient (Wildman–Crippen LogP) is 3.87. The molecule has 0 aliphatic heterocycles. The molecule has 0 spiro atoms. The molecule has 7 heterocycles. The fraction of sp³-hybridized carbons (Fsp3) is 0.114. The summed E-state index contributed by atoms with van der Waals surface area (Å²) >= 11 is 0. The van der Waals surface area contributed by atoms with Crippen molar-refractivity contribution < 1.29 is 9.21 Å². The summed E-state index contributed by atoms with van der Waals surface area (Å²) in [6.45, 7) is 0.605. The molecule has 266 valence electrons. The summed E-state index contributed by atoms with van der Waals surface area (Å²) < 4.78 is 7.25. The van der Waals surface area contributed by atoms with Gasteiger partial charge >= 0.3 is 0 Å². The number of carbonyl (C=O) groups excluding carboxylic acids is 1. The highest BCUT2D eigenvalue weighted by Crippen LogP contribution is 2.30. The van der Waals surface area contributed by atoms with E-state index in [1.807, 2.05) is 40.9 Å². The molecule has 1 amide bonds. The molecule has 0 aliphatic rings. The normalized spacial score (nSPS) is 9.85. The summed E-state index contributed by atoms with van der Waals surface area (Å²) in [5.41, 5.74) is 31.6. The minimum Gasteiger partial charge on any atom is -0.443 e. The molecule has 7 rings (SSSR count). The van der Waals surface area contributed by atoms with Gasteiger partial charge in [0, 0.05) is 30.7 Å². The molecule has 7 aromatic rings. The number of anilines is 4. The van der Waals surface area contributed by atoms with Crippen LogP contribution in [0, 0.1) is 11.3 Å².